The van der Waals surface area contributed by atoms with Gasteiger partial charge in [-0.1, -0.05) is 6.92 Å². The fourth-order valence-electron chi connectivity index (χ4n) is 2.33. The maximum atomic E-state index is 4.35. The molecule has 5 heteroatoms. The van der Waals surface area contributed by atoms with Gasteiger partial charge in [0, 0.05) is 19.3 Å². The van der Waals surface area contributed by atoms with Crippen molar-refractivity contribution in [2.24, 2.45) is 5.41 Å². The number of imidazole rings is 1. The molecule has 0 unspecified atom stereocenters. The lowest BCUT2D eigenvalue weighted by Crippen LogP contribution is -2.23. The van der Waals surface area contributed by atoms with E-state index in [0.29, 0.717) is 5.41 Å². The molecule has 4 nitrogen and oxygen atoms in total. The molecule has 3 rings (SSSR count). The number of rotatable bonds is 5. The van der Waals surface area contributed by atoms with Crippen molar-refractivity contribution in [2.45, 2.75) is 32.7 Å². The van der Waals surface area contributed by atoms with Crippen LogP contribution in [0, 0.1) is 5.41 Å². The Labute approximate surface area is 115 Å². The van der Waals surface area contributed by atoms with Crippen LogP contribution in [0.5, 0.6) is 0 Å². The van der Waals surface area contributed by atoms with Crippen LogP contribution in [0.4, 0.5) is 0 Å². The van der Waals surface area contributed by atoms with Gasteiger partial charge in [0.25, 0.3) is 0 Å². The SMILES string of the molecule is CCC1(CNCc2cnc3cnc(Br)cn23)CC1. The van der Waals surface area contributed by atoms with Gasteiger partial charge in [-0.25, -0.2) is 9.97 Å². The predicted octanol–water partition coefficient (Wildman–Crippen LogP) is 2.77. The zero-order valence-corrected chi connectivity index (χ0v) is 12.1. The molecule has 0 aliphatic heterocycles. The number of aromatic nitrogens is 3. The number of hydrogen-bond donors (Lipinski definition) is 1. The molecular formula is C13H17BrN4. The minimum Gasteiger partial charge on any atom is -0.311 e. The van der Waals surface area contributed by atoms with E-state index in [-0.39, 0.29) is 0 Å². The van der Waals surface area contributed by atoms with Gasteiger partial charge >= 0.3 is 0 Å². The Bertz CT molecular complexity index is 559. The first-order valence-electron chi connectivity index (χ1n) is 6.41. The molecule has 0 saturated heterocycles. The minimum absolute atomic E-state index is 0.586. The summed E-state index contributed by atoms with van der Waals surface area (Å²) in [5.41, 5.74) is 2.66. The first-order chi connectivity index (χ1) is 8.72. The predicted molar refractivity (Wildman–Crippen MR) is 74.4 cm³/mol. The average Bonchev–Trinajstić information content (AvgIpc) is 3.05. The molecule has 1 N–H and O–H groups in total. The molecule has 1 saturated carbocycles. The van der Waals surface area contributed by atoms with Crippen molar-refractivity contribution in [2.75, 3.05) is 6.54 Å². The molecule has 0 aromatic carbocycles. The molecule has 1 fully saturated rings. The average molecular weight is 309 g/mol. The molecule has 2 aromatic rings. The summed E-state index contributed by atoms with van der Waals surface area (Å²) in [6.07, 6.45) is 9.69. The zero-order chi connectivity index (χ0) is 12.6. The summed E-state index contributed by atoms with van der Waals surface area (Å²) in [6.45, 7) is 4.26. The fourth-order valence-corrected chi connectivity index (χ4v) is 2.64. The Morgan fingerprint density at radius 2 is 2.22 bits per heavy atom. The molecule has 1 aliphatic carbocycles. The maximum absolute atomic E-state index is 4.35. The molecule has 0 radical (unpaired) electrons. The van der Waals surface area contributed by atoms with E-state index >= 15 is 0 Å². The Morgan fingerprint density at radius 1 is 1.39 bits per heavy atom. The van der Waals surface area contributed by atoms with Gasteiger partial charge in [-0.05, 0) is 40.6 Å². The molecule has 0 bridgehead atoms. The van der Waals surface area contributed by atoms with E-state index in [0.717, 1.165) is 23.3 Å². The van der Waals surface area contributed by atoms with Crippen LogP contribution < -0.4 is 5.32 Å². The molecule has 18 heavy (non-hydrogen) atoms. The van der Waals surface area contributed by atoms with E-state index < -0.39 is 0 Å². The highest BCUT2D eigenvalue weighted by Gasteiger charge is 2.39. The third-order valence-corrected chi connectivity index (χ3v) is 4.36. The van der Waals surface area contributed by atoms with Gasteiger partial charge in [0.15, 0.2) is 5.65 Å². The lowest BCUT2D eigenvalue weighted by atomic mass is 10.0. The number of nitrogens with one attached hydrogen (secondary N) is 1. The van der Waals surface area contributed by atoms with Gasteiger partial charge in [-0.15, -0.1) is 0 Å². The van der Waals surface area contributed by atoms with E-state index in [1.54, 1.807) is 6.20 Å². The first kappa shape index (κ1) is 12.1. The number of hydrogen-bond acceptors (Lipinski definition) is 3. The lowest BCUT2D eigenvalue weighted by molar-refractivity contribution is 0.441. The second kappa shape index (κ2) is 4.63. The fraction of sp³-hybridized carbons (Fsp3) is 0.538. The van der Waals surface area contributed by atoms with Crippen LogP contribution in [0.3, 0.4) is 0 Å². The second-order valence-corrected chi connectivity index (χ2v) is 5.96. The maximum Gasteiger partial charge on any atom is 0.155 e. The van der Waals surface area contributed by atoms with Gasteiger partial charge in [0.2, 0.25) is 0 Å². The van der Waals surface area contributed by atoms with Crippen LogP contribution in [0.15, 0.2) is 23.2 Å². The summed E-state index contributed by atoms with van der Waals surface area (Å²) in [5.74, 6) is 0. The van der Waals surface area contributed by atoms with Crippen molar-refractivity contribution in [3.8, 4) is 0 Å². The number of fused-ring (bicyclic) bond motifs is 1. The van der Waals surface area contributed by atoms with E-state index in [1.807, 2.05) is 12.4 Å². The molecular weight excluding hydrogens is 292 g/mol. The Morgan fingerprint density at radius 3 is 2.94 bits per heavy atom. The molecule has 2 heterocycles. The van der Waals surface area contributed by atoms with Crippen LogP contribution >= 0.6 is 15.9 Å². The minimum atomic E-state index is 0.586. The quantitative estimate of drug-likeness (QED) is 0.923. The smallest absolute Gasteiger partial charge is 0.155 e. The van der Waals surface area contributed by atoms with Gasteiger partial charge in [-0.3, -0.25) is 4.40 Å². The van der Waals surface area contributed by atoms with Crippen LogP contribution in [-0.2, 0) is 6.54 Å². The van der Waals surface area contributed by atoms with E-state index in [9.17, 15) is 0 Å². The number of halogens is 1. The highest BCUT2D eigenvalue weighted by Crippen LogP contribution is 2.47. The Hall–Kier alpha value is -0.940. The summed E-state index contributed by atoms with van der Waals surface area (Å²) in [6, 6.07) is 0. The van der Waals surface area contributed by atoms with Gasteiger partial charge in [-0.2, -0.15) is 0 Å². The molecule has 0 amide bonds. The van der Waals surface area contributed by atoms with Crippen LogP contribution in [0.1, 0.15) is 31.9 Å². The highest BCUT2D eigenvalue weighted by atomic mass is 79.9. The summed E-state index contributed by atoms with van der Waals surface area (Å²) < 4.78 is 2.91. The normalized spacial score (nSPS) is 17.2. The Balaban J connectivity index is 1.69. The first-order valence-corrected chi connectivity index (χ1v) is 7.20. The van der Waals surface area contributed by atoms with Crippen molar-refractivity contribution in [1.29, 1.82) is 0 Å². The third kappa shape index (κ3) is 2.29. The molecule has 0 atom stereocenters. The summed E-state index contributed by atoms with van der Waals surface area (Å²) in [4.78, 5) is 8.53. The van der Waals surface area contributed by atoms with Crippen LogP contribution in [0.2, 0.25) is 0 Å². The van der Waals surface area contributed by atoms with E-state index in [4.69, 9.17) is 0 Å². The zero-order valence-electron chi connectivity index (χ0n) is 10.5. The Kier molecular flexibility index (Phi) is 3.11. The van der Waals surface area contributed by atoms with Crippen molar-refractivity contribution >= 4 is 21.6 Å². The van der Waals surface area contributed by atoms with Crippen molar-refractivity contribution in [1.82, 2.24) is 19.7 Å². The van der Waals surface area contributed by atoms with Gasteiger partial charge in [0.05, 0.1) is 18.1 Å². The van der Waals surface area contributed by atoms with Crippen molar-refractivity contribution < 1.29 is 0 Å². The molecule has 2 aromatic heterocycles. The van der Waals surface area contributed by atoms with Crippen molar-refractivity contribution in [3.63, 3.8) is 0 Å². The van der Waals surface area contributed by atoms with Crippen molar-refractivity contribution in [3.05, 3.63) is 28.9 Å². The summed E-state index contributed by atoms with van der Waals surface area (Å²) >= 11 is 3.39. The van der Waals surface area contributed by atoms with Gasteiger partial charge in [0.1, 0.15) is 4.60 Å². The monoisotopic (exact) mass is 308 g/mol. The largest absolute Gasteiger partial charge is 0.311 e. The lowest BCUT2D eigenvalue weighted by Gasteiger charge is -2.13. The summed E-state index contributed by atoms with van der Waals surface area (Å²) in [7, 11) is 0. The van der Waals surface area contributed by atoms with E-state index in [2.05, 4.69) is 42.5 Å². The van der Waals surface area contributed by atoms with Crippen LogP contribution in [0.25, 0.3) is 5.65 Å². The highest BCUT2D eigenvalue weighted by molar-refractivity contribution is 9.10. The van der Waals surface area contributed by atoms with Crippen LogP contribution in [-0.4, -0.2) is 20.9 Å². The van der Waals surface area contributed by atoms with Gasteiger partial charge < -0.3 is 5.32 Å². The summed E-state index contributed by atoms with van der Waals surface area (Å²) in [5, 5.41) is 3.56. The van der Waals surface area contributed by atoms with E-state index in [1.165, 1.54) is 25.0 Å². The molecule has 96 valence electrons. The topological polar surface area (TPSA) is 42.2 Å². The standard InChI is InChI=1S/C13H17BrN4/c1-2-13(3-4-13)9-15-5-10-6-17-12-7-16-11(14)8-18(10)12/h6-8,15H,2-5,9H2,1H3. The number of nitrogens with zero attached hydrogens (tertiary/aromatic N) is 3. The molecule has 1 aliphatic rings. The third-order valence-electron chi connectivity index (χ3n) is 3.95. The molecule has 0 spiro atoms. The second-order valence-electron chi connectivity index (χ2n) is 5.14.